The molecule has 0 heterocycles. The molecule has 0 bridgehead atoms. The molecular formula is C24H27NO3. The second-order valence-corrected chi connectivity index (χ2v) is 7.10. The number of hydrogen-bond acceptors (Lipinski definition) is 3. The van der Waals surface area contributed by atoms with Gasteiger partial charge in [0.25, 0.3) is 5.91 Å². The molecule has 0 aromatic heterocycles. The molecule has 1 amide bonds. The largest absolute Gasteiger partial charge is 0.492 e. The van der Waals surface area contributed by atoms with Crippen LogP contribution in [-0.4, -0.2) is 25.2 Å². The summed E-state index contributed by atoms with van der Waals surface area (Å²) < 4.78 is 11.6. The topological polar surface area (TPSA) is 47.6 Å². The van der Waals surface area contributed by atoms with Crippen LogP contribution in [0.5, 0.6) is 11.5 Å². The van der Waals surface area contributed by atoms with Crippen LogP contribution in [0.15, 0.2) is 66.7 Å². The van der Waals surface area contributed by atoms with Gasteiger partial charge in [0, 0.05) is 0 Å². The fourth-order valence-electron chi connectivity index (χ4n) is 3.05. The molecule has 28 heavy (non-hydrogen) atoms. The second kappa shape index (κ2) is 9.27. The zero-order valence-corrected chi connectivity index (χ0v) is 16.6. The Morgan fingerprint density at radius 3 is 2.43 bits per heavy atom. The van der Waals surface area contributed by atoms with Crippen LogP contribution >= 0.6 is 0 Å². The number of para-hydroxylation sites is 1. The summed E-state index contributed by atoms with van der Waals surface area (Å²) in [6.07, 6.45) is -0.569. The number of carbonyl (C=O) groups is 1. The summed E-state index contributed by atoms with van der Waals surface area (Å²) in [7, 11) is 0. The predicted octanol–water partition coefficient (Wildman–Crippen LogP) is 4.93. The smallest absolute Gasteiger partial charge is 0.260 e. The van der Waals surface area contributed by atoms with E-state index in [1.54, 1.807) is 6.92 Å². The zero-order valence-electron chi connectivity index (χ0n) is 16.6. The van der Waals surface area contributed by atoms with E-state index in [4.69, 9.17) is 9.47 Å². The first-order chi connectivity index (χ1) is 13.5. The van der Waals surface area contributed by atoms with Gasteiger partial charge >= 0.3 is 0 Å². The van der Waals surface area contributed by atoms with Crippen molar-refractivity contribution in [3.63, 3.8) is 0 Å². The Morgan fingerprint density at radius 1 is 0.929 bits per heavy atom. The fourth-order valence-corrected chi connectivity index (χ4v) is 3.05. The molecule has 0 aliphatic heterocycles. The number of carbonyl (C=O) groups excluding carboxylic acids is 1. The molecule has 3 aromatic rings. The van der Waals surface area contributed by atoms with Crippen molar-refractivity contribution in [2.75, 3.05) is 13.2 Å². The molecule has 0 saturated heterocycles. The molecular weight excluding hydrogens is 350 g/mol. The zero-order chi connectivity index (χ0) is 19.9. The van der Waals surface area contributed by atoms with Crippen molar-refractivity contribution in [2.45, 2.75) is 32.8 Å². The summed E-state index contributed by atoms with van der Waals surface area (Å²) in [6, 6.07) is 22.0. The van der Waals surface area contributed by atoms with E-state index in [1.807, 2.05) is 54.6 Å². The van der Waals surface area contributed by atoms with Crippen LogP contribution in [-0.2, 0) is 4.79 Å². The maximum Gasteiger partial charge on any atom is 0.260 e. The van der Waals surface area contributed by atoms with E-state index in [0.29, 0.717) is 19.1 Å². The van der Waals surface area contributed by atoms with Crippen LogP contribution in [0.2, 0.25) is 0 Å². The lowest BCUT2D eigenvalue weighted by Gasteiger charge is -2.18. The first-order valence-corrected chi connectivity index (χ1v) is 9.69. The van der Waals surface area contributed by atoms with Gasteiger partial charge in [0.2, 0.25) is 0 Å². The van der Waals surface area contributed by atoms with Gasteiger partial charge in [0.1, 0.15) is 18.1 Å². The van der Waals surface area contributed by atoms with Crippen LogP contribution in [0.3, 0.4) is 0 Å². The molecule has 146 valence electrons. The highest BCUT2D eigenvalue weighted by molar-refractivity contribution is 5.83. The lowest BCUT2D eigenvalue weighted by atomic mass is 10.0. The molecule has 0 aliphatic rings. The highest BCUT2D eigenvalue weighted by atomic mass is 16.5. The minimum atomic E-state index is -0.569. The molecule has 3 aromatic carbocycles. The summed E-state index contributed by atoms with van der Waals surface area (Å²) in [5.74, 6) is 1.73. The Hall–Kier alpha value is -3.01. The first kappa shape index (κ1) is 19.7. The summed E-state index contributed by atoms with van der Waals surface area (Å²) >= 11 is 0. The quantitative estimate of drug-likeness (QED) is 0.567. The molecule has 0 saturated carbocycles. The summed E-state index contributed by atoms with van der Waals surface area (Å²) in [4.78, 5) is 12.3. The van der Waals surface area contributed by atoms with E-state index in [-0.39, 0.29) is 5.91 Å². The number of rotatable bonds is 8. The summed E-state index contributed by atoms with van der Waals surface area (Å²) in [6.45, 7) is 6.80. The third kappa shape index (κ3) is 5.03. The molecule has 3 rings (SSSR count). The first-order valence-electron chi connectivity index (χ1n) is 9.69. The van der Waals surface area contributed by atoms with E-state index in [2.05, 4.69) is 31.3 Å². The van der Waals surface area contributed by atoms with Crippen LogP contribution in [0.4, 0.5) is 0 Å². The van der Waals surface area contributed by atoms with Crippen LogP contribution < -0.4 is 14.8 Å². The lowest BCUT2D eigenvalue weighted by Crippen LogP contribution is -2.38. The van der Waals surface area contributed by atoms with Gasteiger partial charge in [-0.3, -0.25) is 4.79 Å². The number of benzene rings is 3. The molecule has 1 N–H and O–H groups in total. The van der Waals surface area contributed by atoms with E-state index >= 15 is 0 Å². The number of nitrogens with one attached hydrogen (secondary N) is 1. The van der Waals surface area contributed by atoms with E-state index in [0.717, 1.165) is 22.4 Å². The summed E-state index contributed by atoms with van der Waals surface area (Å²) in [5.41, 5.74) is 1.10. The third-order valence-corrected chi connectivity index (χ3v) is 4.60. The molecule has 0 unspecified atom stereocenters. The Kier molecular flexibility index (Phi) is 6.53. The Morgan fingerprint density at radius 2 is 1.64 bits per heavy atom. The van der Waals surface area contributed by atoms with Crippen molar-refractivity contribution in [1.82, 2.24) is 5.32 Å². The molecule has 1 atom stereocenters. The summed E-state index contributed by atoms with van der Waals surface area (Å²) in [5, 5.41) is 5.18. The Bertz CT molecular complexity index is 936. The van der Waals surface area contributed by atoms with E-state index in [9.17, 15) is 4.79 Å². The fraction of sp³-hybridized carbons (Fsp3) is 0.292. The highest BCUT2D eigenvalue weighted by Gasteiger charge is 2.16. The molecule has 0 radical (unpaired) electrons. The maximum absolute atomic E-state index is 12.3. The molecule has 4 nitrogen and oxygen atoms in total. The Balaban J connectivity index is 1.47. The monoisotopic (exact) mass is 377 g/mol. The molecule has 4 heteroatoms. The van der Waals surface area contributed by atoms with Crippen LogP contribution in [0.25, 0.3) is 10.8 Å². The van der Waals surface area contributed by atoms with Crippen LogP contribution in [0.1, 0.15) is 32.3 Å². The van der Waals surface area contributed by atoms with Gasteiger partial charge in [-0.05, 0) is 47.4 Å². The van der Waals surface area contributed by atoms with Gasteiger partial charge in [-0.1, -0.05) is 62.4 Å². The number of ether oxygens (including phenoxy) is 2. The highest BCUT2D eigenvalue weighted by Crippen LogP contribution is 2.26. The SMILES string of the molecule is CC(C)c1ccccc1O[C@H](C)C(=O)NCCOc1ccc2ccccc2c1. The van der Waals surface area contributed by atoms with Crippen molar-refractivity contribution in [1.29, 1.82) is 0 Å². The average Bonchev–Trinajstić information content (AvgIpc) is 2.71. The number of amides is 1. The van der Waals surface area contributed by atoms with Gasteiger partial charge in [-0.25, -0.2) is 0 Å². The maximum atomic E-state index is 12.3. The predicted molar refractivity (Wildman–Crippen MR) is 113 cm³/mol. The molecule has 0 fully saturated rings. The Labute approximate surface area is 166 Å². The standard InChI is InChI=1S/C24H27NO3/c1-17(2)22-10-6-7-11-23(22)28-18(3)24(26)25-14-15-27-21-13-12-19-8-4-5-9-20(19)16-21/h4-13,16-18H,14-15H2,1-3H3,(H,25,26)/t18-/m1/s1. The van der Waals surface area contributed by atoms with Crippen molar-refractivity contribution >= 4 is 16.7 Å². The lowest BCUT2D eigenvalue weighted by molar-refractivity contribution is -0.127. The van der Waals surface area contributed by atoms with Crippen molar-refractivity contribution in [3.8, 4) is 11.5 Å². The number of hydrogen-bond donors (Lipinski definition) is 1. The van der Waals surface area contributed by atoms with Crippen molar-refractivity contribution < 1.29 is 14.3 Å². The van der Waals surface area contributed by atoms with Gasteiger partial charge in [0.05, 0.1) is 6.54 Å². The van der Waals surface area contributed by atoms with Crippen molar-refractivity contribution in [2.24, 2.45) is 0 Å². The number of fused-ring (bicyclic) bond motifs is 1. The van der Waals surface area contributed by atoms with Crippen molar-refractivity contribution in [3.05, 3.63) is 72.3 Å². The van der Waals surface area contributed by atoms with E-state index < -0.39 is 6.10 Å². The second-order valence-electron chi connectivity index (χ2n) is 7.10. The normalized spacial score (nSPS) is 12.0. The van der Waals surface area contributed by atoms with Crippen LogP contribution in [0, 0.1) is 0 Å². The van der Waals surface area contributed by atoms with Gasteiger partial charge in [-0.15, -0.1) is 0 Å². The van der Waals surface area contributed by atoms with Gasteiger partial charge < -0.3 is 14.8 Å². The molecule has 0 spiro atoms. The van der Waals surface area contributed by atoms with Gasteiger partial charge in [-0.2, -0.15) is 0 Å². The van der Waals surface area contributed by atoms with E-state index in [1.165, 1.54) is 5.39 Å². The minimum Gasteiger partial charge on any atom is -0.492 e. The average molecular weight is 377 g/mol. The minimum absolute atomic E-state index is 0.152. The third-order valence-electron chi connectivity index (χ3n) is 4.60. The molecule has 0 aliphatic carbocycles. The van der Waals surface area contributed by atoms with Gasteiger partial charge in [0.15, 0.2) is 6.10 Å².